The zero-order valence-electron chi connectivity index (χ0n) is 19.6. The number of ether oxygens (including phenoxy) is 1. The van der Waals surface area contributed by atoms with Crippen molar-refractivity contribution >= 4 is 17.7 Å². The van der Waals surface area contributed by atoms with Crippen molar-refractivity contribution in [3.63, 3.8) is 0 Å². The predicted octanol–water partition coefficient (Wildman–Crippen LogP) is 4.67. The highest BCUT2D eigenvalue weighted by atomic mass is 19.1. The van der Waals surface area contributed by atoms with E-state index in [-0.39, 0.29) is 17.4 Å². The lowest BCUT2D eigenvalue weighted by molar-refractivity contribution is 0.0770. The van der Waals surface area contributed by atoms with Crippen molar-refractivity contribution in [2.75, 3.05) is 25.0 Å². The second-order valence-corrected chi connectivity index (χ2v) is 8.68. The second kappa shape index (κ2) is 11.0. The summed E-state index contributed by atoms with van der Waals surface area (Å²) in [5.74, 6) is 0.150. The van der Waals surface area contributed by atoms with Crippen LogP contribution in [0.2, 0.25) is 0 Å². The van der Waals surface area contributed by atoms with E-state index in [0.29, 0.717) is 18.1 Å². The number of benzene rings is 2. The van der Waals surface area contributed by atoms with E-state index in [2.05, 4.69) is 39.6 Å². The molecule has 184 valence electrons. The molecule has 4 rings (SSSR count). The molecular weight excluding hydrogens is 451 g/mol. The molecule has 1 atom stereocenters. The maximum Gasteiger partial charge on any atom is 0.405 e. The smallest absolute Gasteiger partial charge is 0.405 e. The van der Waals surface area contributed by atoms with Gasteiger partial charge in [-0.3, -0.25) is 4.79 Å². The van der Waals surface area contributed by atoms with Crippen LogP contribution in [0.3, 0.4) is 0 Å². The van der Waals surface area contributed by atoms with Gasteiger partial charge in [0.25, 0.3) is 5.91 Å². The number of anilines is 1. The normalized spacial score (nSPS) is 15.0. The number of carbonyl (C=O) groups is 2. The number of piperidine rings is 1. The molecule has 2 heterocycles. The second-order valence-electron chi connectivity index (χ2n) is 8.68. The van der Waals surface area contributed by atoms with Crippen LogP contribution in [0.25, 0.3) is 11.1 Å². The van der Waals surface area contributed by atoms with Gasteiger partial charge in [0, 0.05) is 31.9 Å². The molecule has 3 aromatic rings. The number of rotatable bonds is 8. The molecule has 2 aromatic carbocycles. The van der Waals surface area contributed by atoms with Crippen LogP contribution < -0.4 is 16.0 Å². The molecule has 2 amide bonds. The molecule has 0 aliphatic carbocycles. The predicted molar refractivity (Wildman–Crippen MR) is 129 cm³/mol. The molecule has 0 bridgehead atoms. The van der Waals surface area contributed by atoms with E-state index in [0.717, 1.165) is 49.2 Å². The van der Waals surface area contributed by atoms with Crippen molar-refractivity contribution in [1.82, 2.24) is 10.5 Å². The number of nitrogens with zero attached hydrogens (tertiary/aromatic N) is 2. The zero-order chi connectivity index (χ0) is 24.8. The minimum absolute atomic E-state index is 0.124. The lowest BCUT2D eigenvalue weighted by Crippen LogP contribution is -2.33. The van der Waals surface area contributed by atoms with Gasteiger partial charge in [-0.05, 0) is 67.0 Å². The van der Waals surface area contributed by atoms with E-state index >= 15 is 0 Å². The fraction of sp³-hybridized carbons (Fsp3) is 0.346. The highest BCUT2D eigenvalue weighted by Crippen LogP contribution is 2.32. The average molecular weight is 481 g/mol. The fourth-order valence-corrected chi connectivity index (χ4v) is 4.45. The molecule has 1 saturated heterocycles. The van der Waals surface area contributed by atoms with E-state index in [1.165, 1.54) is 25.2 Å². The topological polar surface area (TPSA) is 111 Å². The summed E-state index contributed by atoms with van der Waals surface area (Å²) in [5.41, 5.74) is 8.56. The van der Waals surface area contributed by atoms with Crippen molar-refractivity contribution in [3.8, 4) is 11.1 Å². The van der Waals surface area contributed by atoms with Crippen LogP contribution in [-0.2, 0) is 4.74 Å². The largest absolute Gasteiger partial charge is 0.438 e. The number of primary amides is 1. The van der Waals surface area contributed by atoms with Gasteiger partial charge in [0.15, 0.2) is 17.6 Å². The number of nitrogens with two attached hydrogens (primary N) is 1. The Morgan fingerprint density at radius 1 is 1.14 bits per heavy atom. The van der Waals surface area contributed by atoms with Gasteiger partial charge in [-0.15, -0.1) is 0 Å². The lowest BCUT2D eigenvalue weighted by Gasteiger charge is -2.34. The monoisotopic (exact) mass is 480 g/mol. The quantitative estimate of drug-likeness (QED) is 0.485. The summed E-state index contributed by atoms with van der Waals surface area (Å²) >= 11 is 0. The van der Waals surface area contributed by atoms with Crippen LogP contribution in [-0.4, -0.2) is 37.3 Å². The maximum atomic E-state index is 13.2. The minimum atomic E-state index is -0.896. The molecule has 1 unspecified atom stereocenters. The van der Waals surface area contributed by atoms with Crippen molar-refractivity contribution in [2.24, 2.45) is 11.7 Å². The summed E-state index contributed by atoms with van der Waals surface area (Å²) in [6.45, 7) is 1.84. The first-order valence-electron chi connectivity index (χ1n) is 11.7. The van der Waals surface area contributed by atoms with Gasteiger partial charge in [0.2, 0.25) is 0 Å². The number of hydrogen-bond acceptors (Lipinski definition) is 6. The molecule has 9 heteroatoms. The molecule has 0 spiro atoms. The fourth-order valence-electron chi connectivity index (χ4n) is 4.45. The first-order valence-corrected chi connectivity index (χ1v) is 11.7. The third kappa shape index (κ3) is 6.17. The van der Waals surface area contributed by atoms with Gasteiger partial charge in [0.1, 0.15) is 5.82 Å². The molecule has 35 heavy (non-hydrogen) atoms. The summed E-state index contributed by atoms with van der Waals surface area (Å²) in [4.78, 5) is 25.5. The average Bonchev–Trinajstić information content (AvgIpc) is 3.37. The Morgan fingerprint density at radius 3 is 2.37 bits per heavy atom. The summed E-state index contributed by atoms with van der Waals surface area (Å²) in [6, 6.07) is 16.3. The zero-order valence-corrected chi connectivity index (χ0v) is 19.6. The highest BCUT2D eigenvalue weighted by molar-refractivity contribution is 5.91. The molecule has 0 saturated carbocycles. The van der Waals surface area contributed by atoms with Gasteiger partial charge in [-0.25, -0.2) is 9.18 Å². The Balaban J connectivity index is 1.30. The summed E-state index contributed by atoms with van der Waals surface area (Å²) in [6.07, 6.45) is 1.78. The number of nitrogens with one attached hydrogen (secondary N) is 1. The van der Waals surface area contributed by atoms with Gasteiger partial charge in [0.05, 0.1) is 0 Å². The number of halogens is 1. The molecule has 8 nitrogen and oxygen atoms in total. The van der Waals surface area contributed by atoms with Crippen molar-refractivity contribution in [3.05, 3.63) is 71.9 Å². The SMILES string of the molecule is CNC(=O)c1cc(C(CCC2CCN(c3ccc(-c4ccc(F)cc4)cc3)CC2)OC(N)=O)on1. The maximum absolute atomic E-state index is 13.2. The van der Waals surface area contributed by atoms with Gasteiger partial charge in [-0.2, -0.15) is 0 Å². The highest BCUT2D eigenvalue weighted by Gasteiger charge is 2.26. The summed E-state index contributed by atoms with van der Waals surface area (Å²) in [5, 5.41) is 6.22. The Morgan fingerprint density at radius 2 is 1.77 bits per heavy atom. The van der Waals surface area contributed by atoms with Crippen molar-refractivity contribution in [2.45, 2.75) is 31.8 Å². The van der Waals surface area contributed by atoms with E-state index in [1.807, 2.05) is 0 Å². The van der Waals surface area contributed by atoms with E-state index < -0.39 is 12.2 Å². The third-order valence-electron chi connectivity index (χ3n) is 6.43. The summed E-state index contributed by atoms with van der Waals surface area (Å²) < 4.78 is 23.7. The number of carbonyl (C=O) groups excluding carboxylic acids is 2. The Hall–Kier alpha value is -3.88. The van der Waals surface area contributed by atoms with Gasteiger partial charge in [-0.1, -0.05) is 29.4 Å². The lowest BCUT2D eigenvalue weighted by atomic mass is 9.90. The van der Waals surface area contributed by atoms with E-state index in [4.69, 9.17) is 15.0 Å². The minimum Gasteiger partial charge on any atom is -0.438 e. The van der Waals surface area contributed by atoms with Crippen LogP contribution in [0.1, 0.15) is 48.0 Å². The standard InChI is InChI=1S/C26H29FN4O4/c1-29-25(32)22-16-24(35-30-22)23(34-26(28)33)11-2-17-12-14-31(15-13-17)21-9-5-19(6-10-21)18-3-7-20(27)8-4-18/h3-10,16-17,23H,2,11-15H2,1H3,(H2,28,33)(H,29,32). The first kappa shape index (κ1) is 24.3. The molecule has 1 aliphatic rings. The molecule has 1 aliphatic heterocycles. The van der Waals surface area contributed by atoms with Crippen LogP contribution in [0.4, 0.5) is 14.9 Å². The third-order valence-corrected chi connectivity index (χ3v) is 6.43. The molecular formula is C26H29FN4O4. The number of aromatic nitrogens is 1. The molecule has 3 N–H and O–H groups in total. The van der Waals surface area contributed by atoms with E-state index in [9.17, 15) is 14.0 Å². The van der Waals surface area contributed by atoms with Gasteiger partial charge < -0.3 is 25.2 Å². The first-order chi connectivity index (χ1) is 16.9. The number of hydrogen-bond donors (Lipinski definition) is 2. The van der Waals surface area contributed by atoms with Gasteiger partial charge >= 0.3 is 6.09 Å². The van der Waals surface area contributed by atoms with Crippen LogP contribution in [0.5, 0.6) is 0 Å². The van der Waals surface area contributed by atoms with Crippen molar-refractivity contribution < 1.29 is 23.2 Å². The van der Waals surface area contributed by atoms with Crippen LogP contribution in [0, 0.1) is 11.7 Å². The molecule has 1 fully saturated rings. The summed E-state index contributed by atoms with van der Waals surface area (Å²) in [7, 11) is 1.50. The Labute approximate surface area is 203 Å². The number of amides is 2. The van der Waals surface area contributed by atoms with Crippen LogP contribution in [0.15, 0.2) is 59.1 Å². The molecule has 0 radical (unpaired) electrons. The van der Waals surface area contributed by atoms with Crippen LogP contribution >= 0.6 is 0 Å². The Bertz CT molecular complexity index is 1140. The Kier molecular flexibility index (Phi) is 7.64. The molecule has 1 aromatic heterocycles. The van der Waals surface area contributed by atoms with Crippen molar-refractivity contribution in [1.29, 1.82) is 0 Å². The van der Waals surface area contributed by atoms with E-state index in [1.54, 1.807) is 12.1 Å².